The molecular weight excluding hydrogens is 636 g/mol. The summed E-state index contributed by atoms with van der Waals surface area (Å²) >= 11 is 0. The monoisotopic (exact) mass is 671 g/mol. The molecule has 1 heterocycles. The largest absolute Gasteiger partial charge is 0.490 e. The first-order valence-electron chi connectivity index (χ1n) is 14.5. The molecule has 3 aromatic rings. The van der Waals surface area contributed by atoms with Gasteiger partial charge in [-0.05, 0) is 69.1 Å². The number of halogens is 6. The first-order chi connectivity index (χ1) is 21.8. The Morgan fingerprint density at radius 2 is 1.66 bits per heavy atom. The molecule has 0 spiro atoms. The number of amides is 2. The first kappa shape index (κ1) is 37.1. The van der Waals surface area contributed by atoms with Crippen molar-refractivity contribution in [1.29, 1.82) is 5.26 Å². The Balaban J connectivity index is 0.000000771. The number of carbonyl (C=O) groups is 3. The standard InChI is InChI=1S/C29H34F3N5O3.C2HF3O2/c1-17(2)13-22(27(39)36-28(16-33)9-10-28)35-25(29(30,31)32)18-5-7-20-21-14-19(26(38)34-11-12-37(3)4)6-8-23(21)40-24(20)15-18;3-2(4,5)1(6)7/h5-8,14-15,17,22,25,35H,9-13H2,1-4H3,(H,34,38)(H,36,39);(H,6,7)/t22-,25-;/m0./s1. The zero-order valence-electron chi connectivity index (χ0n) is 26.0. The summed E-state index contributed by atoms with van der Waals surface area (Å²) in [5.74, 6) is -3.70. The van der Waals surface area contributed by atoms with Crippen LogP contribution in [0.3, 0.4) is 0 Å². The van der Waals surface area contributed by atoms with E-state index in [1.54, 1.807) is 18.2 Å². The number of alkyl halides is 6. The molecular formula is C31H35F6N5O5. The van der Waals surface area contributed by atoms with Crippen LogP contribution < -0.4 is 16.0 Å². The molecule has 1 aliphatic rings. The molecule has 10 nitrogen and oxygen atoms in total. The van der Waals surface area contributed by atoms with Crippen molar-refractivity contribution in [2.75, 3.05) is 27.2 Å². The molecule has 16 heteroatoms. The molecule has 1 aromatic heterocycles. The Kier molecular flexibility index (Phi) is 11.5. The molecule has 256 valence electrons. The highest BCUT2D eigenvalue weighted by Gasteiger charge is 2.47. The summed E-state index contributed by atoms with van der Waals surface area (Å²) in [6, 6.07) is 7.86. The number of nitrogens with zero attached hydrogens (tertiary/aromatic N) is 2. The molecule has 0 unspecified atom stereocenters. The Bertz CT molecular complexity index is 1640. The zero-order chi connectivity index (χ0) is 35.3. The van der Waals surface area contributed by atoms with E-state index in [9.17, 15) is 41.2 Å². The lowest BCUT2D eigenvalue weighted by Crippen LogP contribution is -2.52. The van der Waals surface area contributed by atoms with Crippen LogP contribution in [0.5, 0.6) is 0 Å². The summed E-state index contributed by atoms with van der Waals surface area (Å²) in [6.07, 6.45) is -8.67. The van der Waals surface area contributed by atoms with E-state index in [1.807, 2.05) is 38.9 Å². The second-order valence-electron chi connectivity index (χ2n) is 11.9. The highest BCUT2D eigenvalue weighted by Crippen LogP contribution is 2.38. The minimum atomic E-state index is -5.08. The van der Waals surface area contributed by atoms with Gasteiger partial charge in [-0.25, -0.2) is 4.79 Å². The summed E-state index contributed by atoms with van der Waals surface area (Å²) in [7, 11) is 3.81. The van der Waals surface area contributed by atoms with Crippen LogP contribution in [0.1, 0.15) is 55.1 Å². The van der Waals surface area contributed by atoms with Crippen molar-refractivity contribution < 1.29 is 50.2 Å². The van der Waals surface area contributed by atoms with Crippen LogP contribution in [0.15, 0.2) is 40.8 Å². The average Bonchev–Trinajstić information content (AvgIpc) is 3.64. The predicted molar refractivity (Wildman–Crippen MR) is 159 cm³/mol. The van der Waals surface area contributed by atoms with E-state index in [1.165, 1.54) is 18.2 Å². The number of nitriles is 1. The Morgan fingerprint density at radius 1 is 1.02 bits per heavy atom. The third-order valence-corrected chi connectivity index (χ3v) is 7.22. The number of furan rings is 1. The third kappa shape index (κ3) is 10.1. The van der Waals surface area contributed by atoms with E-state index in [0.29, 0.717) is 47.9 Å². The maximum atomic E-state index is 14.4. The molecule has 1 fully saturated rings. The van der Waals surface area contributed by atoms with Crippen LogP contribution in [-0.2, 0) is 9.59 Å². The maximum absolute atomic E-state index is 14.4. The van der Waals surface area contributed by atoms with Crippen molar-refractivity contribution in [2.45, 2.75) is 63.1 Å². The van der Waals surface area contributed by atoms with Gasteiger partial charge in [0, 0.05) is 29.4 Å². The number of hydrogen-bond acceptors (Lipinski definition) is 7. The van der Waals surface area contributed by atoms with Gasteiger partial charge in [-0.3, -0.25) is 14.9 Å². The molecule has 0 saturated heterocycles. The lowest BCUT2D eigenvalue weighted by molar-refractivity contribution is -0.192. The predicted octanol–water partition coefficient (Wildman–Crippen LogP) is 5.29. The number of benzene rings is 2. The van der Waals surface area contributed by atoms with Crippen LogP contribution in [0, 0.1) is 17.2 Å². The fourth-order valence-corrected chi connectivity index (χ4v) is 4.63. The average molecular weight is 672 g/mol. The number of fused-ring (bicyclic) bond motifs is 3. The Hall–Kier alpha value is -4.36. The van der Waals surface area contributed by atoms with Gasteiger partial charge in [0.05, 0.1) is 12.1 Å². The molecule has 4 N–H and O–H groups in total. The number of carboxylic acid groups (broad SMARTS) is 1. The molecule has 47 heavy (non-hydrogen) atoms. The summed E-state index contributed by atoms with van der Waals surface area (Å²) in [5.41, 5.74) is -0.00140. The van der Waals surface area contributed by atoms with Crippen molar-refractivity contribution in [2.24, 2.45) is 5.92 Å². The molecule has 1 saturated carbocycles. The lowest BCUT2D eigenvalue weighted by Gasteiger charge is -2.29. The highest BCUT2D eigenvalue weighted by molar-refractivity contribution is 6.08. The van der Waals surface area contributed by atoms with Gasteiger partial charge in [0.25, 0.3) is 5.91 Å². The van der Waals surface area contributed by atoms with E-state index >= 15 is 0 Å². The van der Waals surface area contributed by atoms with E-state index in [4.69, 9.17) is 14.3 Å². The highest BCUT2D eigenvalue weighted by atomic mass is 19.4. The molecule has 0 aliphatic heterocycles. The number of carboxylic acids is 1. The number of aliphatic carboxylic acids is 1. The molecule has 2 amide bonds. The summed E-state index contributed by atoms with van der Waals surface area (Å²) < 4.78 is 80.7. The minimum absolute atomic E-state index is 0.0681. The smallest absolute Gasteiger partial charge is 0.475 e. The van der Waals surface area contributed by atoms with Crippen LogP contribution in [0.25, 0.3) is 21.9 Å². The van der Waals surface area contributed by atoms with E-state index in [-0.39, 0.29) is 29.4 Å². The van der Waals surface area contributed by atoms with Crippen molar-refractivity contribution in [3.8, 4) is 6.07 Å². The molecule has 2 atom stereocenters. The lowest BCUT2D eigenvalue weighted by atomic mass is 9.98. The molecule has 0 bridgehead atoms. The Labute approximate surface area is 266 Å². The van der Waals surface area contributed by atoms with Gasteiger partial charge in [-0.2, -0.15) is 31.6 Å². The summed E-state index contributed by atoms with van der Waals surface area (Å²) in [6.45, 7) is 4.79. The fraction of sp³-hybridized carbons (Fsp3) is 0.484. The van der Waals surface area contributed by atoms with Gasteiger partial charge in [0.1, 0.15) is 22.7 Å². The fourth-order valence-electron chi connectivity index (χ4n) is 4.63. The summed E-state index contributed by atoms with van der Waals surface area (Å²) in [4.78, 5) is 36.4. The maximum Gasteiger partial charge on any atom is 0.490 e. The van der Waals surface area contributed by atoms with Gasteiger partial charge in [-0.1, -0.05) is 26.0 Å². The van der Waals surface area contributed by atoms with E-state index in [2.05, 4.69) is 16.0 Å². The van der Waals surface area contributed by atoms with Crippen LogP contribution >= 0.6 is 0 Å². The SMILES string of the molecule is CC(C)C[C@H](N[C@@H](c1ccc2c(c1)oc1ccc(C(=O)NCCN(C)C)cc12)C(F)(F)F)C(=O)NC1(C#N)CC1.O=C(O)C(F)(F)F. The molecule has 1 aliphatic carbocycles. The first-order valence-corrected chi connectivity index (χ1v) is 14.5. The van der Waals surface area contributed by atoms with Gasteiger partial charge < -0.3 is 25.1 Å². The number of hydrogen-bond donors (Lipinski definition) is 4. The number of nitrogens with one attached hydrogen (secondary N) is 3. The van der Waals surface area contributed by atoms with E-state index < -0.39 is 41.9 Å². The van der Waals surface area contributed by atoms with Crippen LogP contribution in [-0.4, -0.2) is 78.9 Å². The van der Waals surface area contributed by atoms with Crippen molar-refractivity contribution in [3.63, 3.8) is 0 Å². The van der Waals surface area contributed by atoms with Gasteiger partial charge in [0.2, 0.25) is 5.91 Å². The minimum Gasteiger partial charge on any atom is -0.475 e. The van der Waals surface area contributed by atoms with Crippen LogP contribution in [0.4, 0.5) is 26.3 Å². The molecule has 0 radical (unpaired) electrons. The second-order valence-corrected chi connectivity index (χ2v) is 11.9. The summed E-state index contributed by atoms with van der Waals surface area (Å²) in [5, 5.41) is 25.6. The topological polar surface area (TPSA) is 148 Å². The number of likely N-dealkylation sites (N-methyl/N-ethyl adjacent to an activating group) is 1. The zero-order valence-corrected chi connectivity index (χ0v) is 26.0. The van der Waals surface area contributed by atoms with Gasteiger partial charge in [-0.15, -0.1) is 0 Å². The Morgan fingerprint density at radius 3 is 2.17 bits per heavy atom. The second kappa shape index (κ2) is 14.6. The van der Waals surface area contributed by atoms with Gasteiger partial charge in [0.15, 0.2) is 0 Å². The number of rotatable bonds is 11. The van der Waals surface area contributed by atoms with Crippen molar-refractivity contribution in [1.82, 2.24) is 20.9 Å². The quantitative estimate of drug-likeness (QED) is 0.201. The third-order valence-electron chi connectivity index (χ3n) is 7.22. The van der Waals surface area contributed by atoms with Gasteiger partial charge >= 0.3 is 18.3 Å². The van der Waals surface area contributed by atoms with E-state index in [0.717, 1.165) is 0 Å². The van der Waals surface area contributed by atoms with Crippen molar-refractivity contribution >= 4 is 39.7 Å². The van der Waals surface area contributed by atoms with Crippen molar-refractivity contribution in [3.05, 3.63) is 47.5 Å². The van der Waals surface area contributed by atoms with Crippen LogP contribution in [0.2, 0.25) is 0 Å². The number of carbonyl (C=O) groups excluding carboxylic acids is 2. The molecule has 4 rings (SSSR count). The normalized spacial score (nSPS) is 15.5. The molecule has 2 aromatic carbocycles.